The Hall–Kier alpha value is -2.45. The van der Waals surface area contributed by atoms with Crippen molar-refractivity contribution in [2.24, 2.45) is 0 Å². The van der Waals surface area contributed by atoms with Crippen LogP contribution in [0.2, 0.25) is 0 Å². The lowest BCUT2D eigenvalue weighted by molar-refractivity contribution is -0.117. The number of amides is 1. The highest BCUT2D eigenvalue weighted by molar-refractivity contribution is 7.90. The van der Waals surface area contributed by atoms with E-state index in [0.717, 1.165) is 36.3 Å². The van der Waals surface area contributed by atoms with Gasteiger partial charge in [-0.15, -0.1) is 0 Å². The number of hydrogen-bond donors (Lipinski definition) is 2. The Morgan fingerprint density at radius 3 is 2.52 bits per heavy atom. The molecule has 1 saturated heterocycles. The molecule has 0 unspecified atom stereocenters. The summed E-state index contributed by atoms with van der Waals surface area (Å²) in [5.74, 6) is 0.145. The second-order valence-corrected chi connectivity index (χ2v) is 9.52. The Labute approximate surface area is 177 Å². The van der Waals surface area contributed by atoms with E-state index >= 15 is 0 Å². The van der Waals surface area contributed by atoms with E-state index in [1.54, 1.807) is 29.2 Å². The molecule has 29 heavy (non-hydrogen) atoms. The third-order valence-electron chi connectivity index (χ3n) is 4.91. The predicted molar refractivity (Wildman–Crippen MR) is 120 cm³/mol. The van der Waals surface area contributed by atoms with Gasteiger partial charge >= 0.3 is 0 Å². The van der Waals surface area contributed by atoms with Gasteiger partial charge in [0.25, 0.3) is 0 Å². The van der Waals surface area contributed by atoms with Gasteiger partial charge in [0.2, 0.25) is 5.91 Å². The third-order valence-corrected chi connectivity index (χ3v) is 6.26. The van der Waals surface area contributed by atoms with Crippen molar-refractivity contribution in [3.05, 3.63) is 54.1 Å². The van der Waals surface area contributed by atoms with E-state index in [-0.39, 0.29) is 11.9 Å². The van der Waals surface area contributed by atoms with E-state index in [2.05, 4.69) is 10.6 Å². The Kier molecular flexibility index (Phi) is 6.54. The van der Waals surface area contributed by atoms with Gasteiger partial charge in [-0.25, -0.2) is 8.42 Å². The quantitative estimate of drug-likeness (QED) is 0.680. The average Bonchev–Trinajstić information content (AvgIpc) is 3.12. The van der Waals surface area contributed by atoms with E-state index in [1.807, 2.05) is 31.2 Å². The Morgan fingerprint density at radius 2 is 1.93 bits per heavy atom. The number of carbonyl (C=O) groups is 1. The zero-order valence-corrected chi connectivity index (χ0v) is 18.1. The predicted octanol–water partition coefficient (Wildman–Crippen LogP) is 3.65. The van der Waals surface area contributed by atoms with Gasteiger partial charge in [-0.05, 0) is 61.0 Å². The molecule has 154 valence electrons. The molecule has 0 radical (unpaired) electrons. The minimum absolute atomic E-state index is 0.0491. The van der Waals surface area contributed by atoms with Crippen molar-refractivity contribution in [3.63, 3.8) is 0 Å². The van der Waals surface area contributed by atoms with Crippen LogP contribution in [0.4, 0.5) is 11.4 Å². The summed E-state index contributed by atoms with van der Waals surface area (Å²) in [7, 11) is -3.22. The first kappa shape index (κ1) is 21.3. The molecule has 2 aromatic carbocycles. The fourth-order valence-electron chi connectivity index (χ4n) is 3.37. The lowest BCUT2D eigenvalue weighted by atomic mass is 10.1. The highest BCUT2D eigenvalue weighted by Gasteiger charge is 2.21. The average molecular weight is 432 g/mol. The molecular weight excluding hydrogens is 406 g/mol. The first-order chi connectivity index (χ1) is 13.8. The highest BCUT2D eigenvalue weighted by Crippen LogP contribution is 2.25. The summed E-state index contributed by atoms with van der Waals surface area (Å²) in [5, 5.41) is 6.92. The van der Waals surface area contributed by atoms with Gasteiger partial charge in [-0.1, -0.05) is 25.1 Å². The molecule has 1 heterocycles. The summed E-state index contributed by atoms with van der Waals surface area (Å²) < 4.78 is 23.3. The standard InChI is InChI=1S/C21H25N3O3S2/c1-3-19(15-9-11-18(12-10-15)29(2,26)27)23-21(28)22-16-6-4-7-17(14-16)24-13-5-8-20(24)25/h4,6-7,9-12,14,19H,3,5,8,13H2,1-2H3,(H2,22,23,28)/t19-/m0/s1. The van der Waals surface area contributed by atoms with Crippen LogP contribution in [-0.2, 0) is 14.6 Å². The van der Waals surface area contributed by atoms with Crippen LogP contribution in [0.15, 0.2) is 53.4 Å². The molecule has 2 N–H and O–H groups in total. The summed E-state index contributed by atoms with van der Waals surface area (Å²) in [6.07, 6.45) is 3.45. The lowest BCUT2D eigenvalue weighted by Crippen LogP contribution is -2.32. The van der Waals surface area contributed by atoms with Gasteiger partial charge < -0.3 is 15.5 Å². The van der Waals surface area contributed by atoms with Crippen LogP contribution >= 0.6 is 12.2 Å². The largest absolute Gasteiger partial charge is 0.356 e. The normalized spacial score (nSPS) is 15.2. The van der Waals surface area contributed by atoms with Crippen molar-refractivity contribution in [2.45, 2.75) is 37.1 Å². The number of rotatable bonds is 6. The van der Waals surface area contributed by atoms with E-state index in [4.69, 9.17) is 12.2 Å². The molecule has 6 nitrogen and oxygen atoms in total. The molecular formula is C21H25N3O3S2. The van der Waals surface area contributed by atoms with Gasteiger partial charge in [0, 0.05) is 30.6 Å². The number of sulfone groups is 1. The van der Waals surface area contributed by atoms with Gasteiger partial charge in [-0.3, -0.25) is 4.79 Å². The van der Waals surface area contributed by atoms with Crippen molar-refractivity contribution in [3.8, 4) is 0 Å². The van der Waals surface area contributed by atoms with E-state index in [1.165, 1.54) is 6.26 Å². The Bertz CT molecular complexity index is 1000. The second-order valence-electron chi connectivity index (χ2n) is 7.10. The number of nitrogens with one attached hydrogen (secondary N) is 2. The monoisotopic (exact) mass is 431 g/mol. The topological polar surface area (TPSA) is 78.5 Å². The Morgan fingerprint density at radius 1 is 1.21 bits per heavy atom. The molecule has 8 heteroatoms. The first-order valence-corrected chi connectivity index (χ1v) is 11.9. The van der Waals surface area contributed by atoms with Crippen molar-refractivity contribution < 1.29 is 13.2 Å². The molecule has 1 fully saturated rings. The molecule has 0 aliphatic carbocycles. The van der Waals surface area contributed by atoms with Crippen molar-refractivity contribution in [1.29, 1.82) is 0 Å². The summed E-state index contributed by atoms with van der Waals surface area (Å²) in [6, 6.07) is 14.4. The molecule has 0 aromatic heterocycles. The van der Waals surface area contributed by atoms with Gasteiger partial charge in [-0.2, -0.15) is 0 Å². The SMILES string of the molecule is CC[C@H](NC(=S)Nc1cccc(N2CCCC2=O)c1)c1ccc(S(C)(=O)=O)cc1. The summed E-state index contributed by atoms with van der Waals surface area (Å²) in [6.45, 7) is 2.77. The van der Waals surface area contributed by atoms with Crippen molar-refractivity contribution in [2.75, 3.05) is 23.0 Å². The fraction of sp³-hybridized carbons (Fsp3) is 0.333. The molecule has 1 aliphatic rings. The molecule has 1 atom stereocenters. The molecule has 3 rings (SSSR count). The highest BCUT2D eigenvalue weighted by atomic mass is 32.2. The number of thiocarbonyl (C=S) groups is 1. The minimum atomic E-state index is -3.22. The van der Waals surface area contributed by atoms with Crippen LogP contribution in [0.1, 0.15) is 37.8 Å². The van der Waals surface area contributed by atoms with Crippen molar-refractivity contribution >= 4 is 44.4 Å². The number of anilines is 2. The molecule has 0 saturated carbocycles. The zero-order valence-electron chi connectivity index (χ0n) is 16.5. The number of nitrogens with zero attached hydrogens (tertiary/aromatic N) is 1. The number of benzene rings is 2. The van der Waals surface area contributed by atoms with Crippen LogP contribution in [0.25, 0.3) is 0 Å². The molecule has 1 aliphatic heterocycles. The first-order valence-electron chi connectivity index (χ1n) is 9.56. The van der Waals surface area contributed by atoms with Gasteiger partial charge in [0.05, 0.1) is 10.9 Å². The van der Waals surface area contributed by atoms with Crippen molar-refractivity contribution in [1.82, 2.24) is 5.32 Å². The number of carbonyl (C=O) groups excluding carboxylic acids is 1. The molecule has 0 spiro atoms. The van der Waals surface area contributed by atoms with Crippen LogP contribution in [0, 0.1) is 0 Å². The summed E-state index contributed by atoms with van der Waals surface area (Å²) >= 11 is 5.47. The molecule has 2 aromatic rings. The lowest BCUT2D eigenvalue weighted by Gasteiger charge is -2.21. The van der Waals surface area contributed by atoms with E-state index < -0.39 is 9.84 Å². The maximum absolute atomic E-state index is 12.0. The summed E-state index contributed by atoms with van der Waals surface area (Å²) in [5.41, 5.74) is 2.63. The Balaban J connectivity index is 1.67. The van der Waals surface area contributed by atoms with Crippen LogP contribution in [0.5, 0.6) is 0 Å². The fourth-order valence-corrected chi connectivity index (χ4v) is 4.26. The van der Waals surface area contributed by atoms with Gasteiger partial charge in [0.15, 0.2) is 14.9 Å². The van der Waals surface area contributed by atoms with E-state index in [9.17, 15) is 13.2 Å². The summed E-state index contributed by atoms with van der Waals surface area (Å²) in [4.78, 5) is 14.1. The van der Waals surface area contributed by atoms with Gasteiger partial charge in [0.1, 0.15) is 0 Å². The minimum Gasteiger partial charge on any atom is -0.356 e. The maximum Gasteiger partial charge on any atom is 0.227 e. The number of hydrogen-bond acceptors (Lipinski definition) is 4. The van der Waals surface area contributed by atoms with Crippen LogP contribution < -0.4 is 15.5 Å². The van der Waals surface area contributed by atoms with Crippen LogP contribution in [0.3, 0.4) is 0 Å². The molecule has 1 amide bonds. The third kappa shape index (κ3) is 5.33. The maximum atomic E-state index is 12.0. The zero-order chi connectivity index (χ0) is 21.0. The smallest absolute Gasteiger partial charge is 0.227 e. The van der Waals surface area contributed by atoms with E-state index in [0.29, 0.717) is 16.4 Å². The molecule has 0 bridgehead atoms. The van der Waals surface area contributed by atoms with Crippen LogP contribution in [-0.4, -0.2) is 32.2 Å². The second kappa shape index (κ2) is 8.92.